The summed E-state index contributed by atoms with van der Waals surface area (Å²) in [6, 6.07) is 6.53. The van der Waals surface area contributed by atoms with Gasteiger partial charge in [0.05, 0.1) is 11.0 Å². The summed E-state index contributed by atoms with van der Waals surface area (Å²) in [5.74, 6) is 1.93. The lowest BCUT2D eigenvalue weighted by atomic mass is 9.90. The van der Waals surface area contributed by atoms with Crippen molar-refractivity contribution in [2.24, 2.45) is 13.0 Å². The van der Waals surface area contributed by atoms with Crippen LogP contribution in [0.4, 0.5) is 0 Å². The molecule has 1 aliphatic heterocycles. The molecule has 0 spiro atoms. The summed E-state index contributed by atoms with van der Waals surface area (Å²) < 4.78 is 2.23. The molecule has 0 radical (unpaired) electrons. The number of aryl methyl sites for hydroxylation is 2. The Hall–Kier alpha value is -1.35. The first-order valence-electron chi connectivity index (χ1n) is 6.87. The molecule has 18 heavy (non-hydrogen) atoms. The summed E-state index contributed by atoms with van der Waals surface area (Å²) in [7, 11) is 2.12. The molecule has 0 bridgehead atoms. The van der Waals surface area contributed by atoms with Crippen LogP contribution in [0.3, 0.4) is 0 Å². The summed E-state index contributed by atoms with van der Waals surface area (Å²) in [6.07, 6.45) is 3.79. The Bertz CT molecular complexity index is 550. The Kier molecular flexibility index (Phi) is 3.08. The fraction of sp³-hybridized carbons (Fsp3) is 0.533. The summed E-state index contributed by atoms with van der Waals surface area (Å²) >= 11 is 0. The van der Waals surface area contributed by atoms with E-state index in [0.717, 1.165) is 17.3 Å². The standard InChI is InChI=1S/C15H21N3/c1-11-17-14-5-3-4-13(15(14)18(11)2)10-12-6-8-16-9-7-12/h3-5,12,16H,6-10H2,1-2H3. The first-order valence-corrected chi connectivity index (χ1v) is 6.87. The van der Waals surface area contributed by atoms with Gasteiger partial charge in [0, 0.05) is 7.05 Å². The van der Waals surface area contributed by atoms with Gasteiger partial charge in [-0.2, -0.15) is 0 Å². The molecule has 0 aliphatic carbocycles. The molecule has 1 aromatic heterocycles. The van der Waals surface area contributed by atoms with E-state index in [1.807, 2.05) is 0 Å². The Balaban J connectivity index is 1.95. The third kappa shape index (κ3) is 2.03. The van der Waals surface area contributed by atoms with Crippen LogP contribution in [0.15, 0.2) is 18.2 Å². The molecule has 0 amide bonds. The molecule has 0 atom stereocenters. The van der Waals surface area contributed by atoms with E-state index in [1.54, 1.807) is 0 Å². The first kappa shape index (κ1) is 11.7. The number of para-hydroxylation sites is 1. The van der Waals surface area contributed by atoms with Crippen LogP contribution in [-0.2, 0) is 13.5 Å². The van der Waals surface area contributed by atoms with E-state index in [1.165, 1.54) is 43.4 Å². The smallest absolute Gasteiger partial charge is 0.106 e. The van der Waals surface area contributed by atoms with Gasteiger partial charge in [0.25, 0.3) is 0 Å². The number of rotatable bonds is 2. The molecule has 3 nitrogen and oxygen atoms in total. The van der Waals surface area contributed by atoms with Gasteiger partial charge in [0.1, 0.15) is 5.82 Å². The molecule has 2 heterocycles. The van der Waals surface area contributed by atoms with Crippen molar-refractivity contribution in [1.29, 1.82) is 0 Å². The van der Waals surface area contributed by atoms with Crippen LogP contribution in [-0.4, -0.2) is 22.6 Å². The fourth-order valence-electron chi connectivity index (χ4n) is 3.03. The van der Waals surface area contributed by atoms with Crippen molar-refractivity contribution in [2.45, 2.75) is 26.2 Å². The highest BCUT2D eigenvalue weighted by atomic mass is 15.1. The average Bonchev–Trinajstić information content (AvgIpc) is 2.67. The van der Waals surface area contributed by atoms with Crippen LogP contribution in [0.5, 0.6) is 0 Å². The third-order valence-electron chi connectivity index (χ3n) is 4.17. The first-order chi connectivity index (χ1) is 8.75. The highest BCUT2D eigenvalue weighted by Crippen LogP contribution is 2.24. The van der Waals surface area contributed by atoms with Gasteiger partial charge in [-0.05, 0) is 56.8 Å². The molecular formula is C15H21N3. The maximum Gasteiger partial charge on any atom is 0.106 e. The van der Waals surface area contributed by atoms with E-state index in [-0.39, 0.29) is 0 Å². The monoisotopic (exact) mass is 243 g/mol. The highest BCUT2D eigenvalue weighted by molar-refractivity contribution is 5.79. The SMILES string of the molecule is Cc1nc2cccc(CC3CCNCC3)c2n1C. The van der Waals surface area contributed by atoms with E-state index in [0.29, 0.717) is 0 Å². The van der Waals surface area contributed by atoms with Crippen molar-refractivity contribution in [3.63, 3.8) is 0 Å². The van der Waals surface area contributed by atoms with E-state index >= 15 is 0 Å². The molecule has 2 aromatic rings. The highest BCUT2D eigenvalue weighted by Gasteiger charge is 2.16. The second-order valence-electron chi connectivity index (χ2n) is 5.40. The number of fused-ring (bicyclic) bond motifs is 1. The largest absolute Gasteiger partial charge is 0.331 e. The van der Waals surface area contributed by atoms with Crippen molar-refractivity contribution in [3.8, 4) is 0 Å². The summed E-state index contributed by atoms with van der Waals surface area (Å²) in [5, 5.41) is 3.44. The lowest BCUT2D eigenvalue weighted by Gasteiger charge is -2.23. The second kappa shape index (κ2) is 4.73. The second-order valence-corrected chi connectivity index (χ2v) is 5.40. The molecule has 96 valence electrons. The van der Waals surface area contributed by atoms with Crippen LogP contribution in [0.25, 0.3) is 11.0 Å². The molecule has 1 aromatic carbocycles. The lowest BCUT2D eigenvalue weighted by molar-refractivity contribution is 0.373. The van der Waals surface area contributed by atoms with Gasteiger partial charge >= 0.3 is 0 Å². The predicted molar refractivity (Wildman–Crippen MR) is 74.7 cm³/mol. The quantitative estimate of drug-likeness (QED) is 0.878. The number of hydrogen-bond acceptors (Lipinski definition) is 2. The minimum absolute atomic E-state index is 0.826. The number of imidazole rings is 1. The van der Waals surface area contributed by atoms with Gasteiger partial charge in [-0.1, -0.05) is 12.1 Å². The van der Waals surface area contributed by atoms with Crippen molar-refractivity contribution >= 4 is 11.0 Å². The van der Waals surface area contributed by atoms with E-state index in [4.69, 9.17) is 0 Å². The van der Waals surface area contributed by atoms with Gasteiger partial charge in [-0.25, -0.2) is 4.98 Å². The normalized spacial score (nSPS) is 17.4. The molecule has 1 saturated heterocycles. The number of aromatic nitrogens is 2. The van der Waals surface area contributed by atoms with Crippen LogP contribution >= 0.6 is 0 Å². The predicted octanol–water partition coefficient (Wildman–Crippen LogP) is 2.42. The topological polar surface area (TPSA) is 29.9 Å². The van der Waals surface area contributed by atoms with E-state index in [9.17, 15) is 0 Å². The molecule has 1 fully saturated rings. The zero-order valence-electron chi connectivity index (χ0n) is 11.2. The summed E-state index contributed by atoms with van der Waals surface area (Å²) in [5.41, 5.74) is 3.93. The van der Waals surface area contributed by atoms with Crippen molar-refractivity contribution < 1.29 is 0 Å². The van der Waals surface area contributed by atoms with Crippen LogP contribution in [0.2, 0.25) is 0 Å². The van der Waals surface area contributed by atoms with Crippen molar-refractivity contribution in [2.75, 3.05) is 13.1 Å². The summed E-state index contributed by atoms with van der Waals surface area (Å²) in [6.45, 7) is 4.42. The zero-order valence-corrected chi connectivity index (χ0v) is 11.2. The maximum atomic E-state index is 4.62. The Morgan fingerprint density at radius 3 is 2.89 bits per heavy atom. The Morgan fingerprint density at radius 2 is 2.11 bits per heavy atom. The third-order valence-corrected chi connectivity index (χ3v) is 4.17. The number of piperidine rings is 1. The van der Waals surface area contributed by atoms with Crippen molar-refractivity contribution in [1.82, 2.24) is 14.9 Å². The molecule has 0 saturated carbocycles. The van der Waals surface area contributed by atoms with Gasteiger partial charge in [0.15, 0.2) is 0 Å². The van der Waals surface area contributed by atoms with Gasteiger partial charge in [-0.3, -0.25) is 0 Å². The maximum absolute atomic E-state index is 4.62. The molecule has 0 unspecified atom stereocenters. The van der Waals surface area contributed by atoms with Gasteiger partial charge in [-0.15, -0.1) is 0 Å². The Morgan fingerprint density at radius 1 is 1.33 bits per heavy atom. The molecule has 1 N–H and O–H groups in total. The van der Waals surface area contributed by atoms with Crippen molar-refractivity contribution in [3.05, 3.63) is 29.6 Å². The van der Waals surface area contributed by atoms with Gasteiger partial charge < -0.3 is 9.88 Å². The van der Waals surface area contributed by atoms with E-state index in [2.05, 4.69) is 47.0 Å². The van der Waals surface area contributed by atoms with E-state index < -0.39 is 0 Å². The number of hydrogen-bond donors (Lipinski definition) is 1. The van der Waals surface area contributed by atoms with Crippen LogP contribution in [0.1, 0.15) is 24.2 Å². The summed E-state index contributed by atoms with van der Waals surface area (Å²) in [4.78, 5) is 4.62. The van der Waals surface area contributed by atoms with Crippen LogP contribution in [0, 0.1) is 12.8 Å². The average molecular weight is 243 g/mol. The van der Waals surface area contributed by atoms with Gasteiger partial charge in [0.2, 0.25) is 0 Å². The number of benzene rings is 1. The lowest BCUT2D eigenvalue weighted by Crippen LogP contribution is -2.28. The molecule has 3 rings (SSSR count). The minimum Gasteiger partial charge on any atom is -0.331 e. The zero-order chi connectivity index (χ0) is 12.5. The number of nitrogens with zero attached hydrogens (tertiary/aromatic N) is 2. The Labute approximate surface area is 108 Å². The molecular weight excluding hydrogens is 222 g/mol. The molecule has 3 heteroatoms. The molecule has 1 aliphatic rings. The minimum atomic E-state index is 0.826. The fourth-order valence-corrected chi connectivity index (χ4v) is 3.03. The number of nitrogens with one attached hydrogen (secondary N) is 1. The van der Waals surface area contributed by atoms with Crippen LogP contribution < -0.4 is 5.32 Å².